The van der Waals surface area contributed by atoms with Crippen LogP contribution in [-0.2, 0) is 9.53 Å². The molecular weight excluding hydrogens is 476 g/mol. The fourth-order valence-corrected chi connectivity index (χ4v) is 5.97. The summed E-state index contributed by atoms with van der Waals surface area (Å²) in [6.07, 6.45) is 4.38. The molecule has 0 bridgehead atoms. The highest BCUT2D eigenvalue weighted by atomic mass is 35.5. The smallest absolute Gasteiger partial charge is 0.337 e. The maximum Gasteiger partial charge on any atom is 0.337 e. The Balaban J connectivity index is 1.44. The Hall–Kier alpha value is -2.86. The largest absolute Gasteiger partial charge is 0.465 e. The molecule has 2 aromatic carbocycles. The lowest BCUT2D eigenvalue weighted by Crippen LogP contribution is -2.54. The van der Waals surface area contributed by atoms with Crippen LogP contribution in [0.25, 0.3) is 0 Å². The van der Waals surface area contributed by atoms with Crippen molar-refractivity contribution in [3.8, 4) is 0 Å². The summed E-state index contributed by atoms with van der Waals surface area (Å²) < 4.78 is 4.77. The number of esters is 1. The van der Waals surface area contributed by atoms with Crippen molar-refractivity contribution in [2.45, 2.75) is 57.9 Å². The fraction of sp³-hybridized carbons (Fsp3) is 0.483. The van der Waals surface area contributed by atoms with E-state index in [1.54, 1.807) is 18.2 Å². The van der Waals surface area contributed by atoms with Crippen molar-refractivity contribution in [1.82, 2.24) is 10.2 Å². The van der Waals surface area contributed by atoms with Crippen LogP contribution in [0.5, 0.6) is 0 Å². The van der Waals surface area contributed by atoms with E-state index in [1.165, 1.54) is 18.7 Å². The number of benzene rings is 2. The van der Waals surface area contributed by atoms with E-state index in [1.807, 2.05) is 17.0 Å². The second kappa shape index (κ2) is 11.0. The van der Waals surface area contributed by atoms with Crippen molar-refractivity contribution in [2.75, 3.05) is 20.2 Å². The van der Waals surface area contributed by atoms with Crippen LogP contribution < -0.4 is 5.32 Å². The first-order valence-corrected chi connectivity index (χ1v) is 13.1. The zero-order valence-electron chi connectivity index (χ0n) is 21.3. The lowest BCUT2D eigenvalue weighted by atomic mass is 9.70. The topological polar surface area (TPSA) is 75.7 Å². The summed E-state index contributed by atoms with van der Waals surface area (Å²) in [5.74, 6) is -0.518. The summed E-state index contributed by atoms with van der Waals surface area (Å²) in [4.78, 5) is 40.7. The Kier molecular flexibility index (Phi) is 8.04. The van der Waals surface area contributed by atoms with Crippen LogP contribution in [0.3, 0.4) is 0 Å². The lowest BCUT2D eigenvalue weighted by Gasteiger charge is -2.46. The molecule has 1 aliphatic heterocycles. The number of carbonyl (C=O) groups is 3. The molecule has 0 radical (unpaired) electrons. The van der Waals surface area contributed by atoms with Gasteiger partial charge in [-0.15, -0.1) is 0 Å². The molecule has 2 fully saturated rings. The first-order chi connectivity index (χ1) is 17.2. The monoisotopic (exact) mass is 510 g/mol. The Morgan fingerprint density at radius 3 is 2.39 bits per heavy atom. The summed E-state index contributed by atoms with van der Waals surface area (Å²) in [6.45, 7) is 5.83. The van der Waals surface area contributed by atoms with Gasteiger partial charge in [-0.1, -0.05) is 56.5 Å². The Bertz CT molecular complexity index is 1110. The molecule has 1 saturated heterocycles. The standard InChI is InChI=1S/C29H35ClN2O4/c1-29(2)18-32(16-15-24(29)19-11-13-22(30)14-12-19)27(34)23-9-4-5-10-25(23)31-26(33)20-7-6-8-21(17-20)28(35)36-3/h6-8,11-14,17,23-25H,4-5,9-10,15-16,18H2,1-3H3,(H,31,33)/t23-,24?,25+/m0/s1. The van der Waals surface area contributed by atoms with Gasteiger partial charge >= 0.3 is 5.97 Å². The van der Waals surface area contributed by atoms with Crippen molar-refractivity contribution in [2.24, 2.45) is 11.3 Å². The average Bonchev–Trinajstić information content (AvgIpc) is 2.88. The van der Waals surface area contributed by atoms with Crippen LogP contribution in [0.1, 0.15) is 78.1 Å². The van der Waals surface area contributed by atoms with Crippen molar-refractivity contribution in [3.63, 3.8) is 0 Å². The van der Waals surface area contributed by atoms with Crippen molar-refractivity contribution in [3.05, 3.63) is 70.2 Å². The molecule has 3 atom stereocenters. The summed E-state index contributed by atoms with van der Waals surface area (Å²) in [5, 5.41) is 3.83. The van der Waals surface area contributed by atoms with Crippen molar-refractivity contribution >= 4 is 29.4 Å². The number of nitrogens with zero attached hydrogens (tertiary/aromatic N) is 1. The van der Waals surface area contributed by atoms with Crippen LogP contribution in [0, 0.1) is 11.3 Å². The maximum atomic E-state index is 13.7. The van der Waals surface area contributed by atoms with Crippen LogP contribution in [0.4, 0.5) is 0 Å². The Morgan fingerprint density at radius 2 is 1.69 bits per heavy atom. The third-order valence-electron chi connectivity index (χ3n) is 7.76. The molecule has 36 heavy (non-hydrogen) atoms. The summed E-state index contributed by atoms with van der Waals surface area (Å²) >= 11 is 6.09. The van der Waals surface area contributed by atoms with E-state index in [4.69, 9.17) is 16.3 Å². The normalized spacial score (nSPS) is 23.6. The van der Waals surface area contributed by atoms with Crippen LogP contribution in [0.2, 0.25) is 5.02 Å². The molecule has 4 rings (SSSR count). The van der Waals surface area contributed by atoms with Crippen LogP contribution >= 0.6 is 11.6 Å². The Morgan fingerprint density at radius 1 is 1.00 bits per heavy atom. The zero-order valence-corrected chi connectivity index (χ0v) is 22.0. The maximum absolute atomic E-state index is 13.7. The average molecular weight is 511 g/mol. The quantitative estimate of drug-likeness (QED) is 0.542. The van der Waals surface area contributed by atoms with E-state index in [0.717, 1.165) is 37.1 Å². The van der Waals surface area contributed by atoms with Gasteiger partial charge in [0.2, 0.25) is 5.91 Å². The van der Waals surface area contributed by atoms with E-state index in [0.29, 0.717) is 30.1 Å². The number of piperidine rings is 1. The van der Waals surface area contributed by atoms with Gasteiger partial charge in [-0.25, -0.2) is 4.79 Å². The number of rotatable bonds is 5. The minimum Gasteiger partial charge on any atom is -0.465 e. The fourth-order valence-electron chi connectivity index (χ4n) is 5.85. The minimum atomic E-state index is -0.486. The summed E-state index contributed by atoms with van der Waals surface area (Å²) in [6, 6.07) is 14.3. The number of methoxy groups -OCH3 is 1. The van der Waals surface area contributed by atoms with E-state index in [-0.39, 0.29) is 29.2 Å². The molecule has 6 nitrogen and oxygen atoms in total. The molecule has 1 aliphatic carbocycles. The number of nitrogens with one attached hydrogen (secondary N) is 1. The van der Waals surface area contributed by atoms with E-state index < -0.39 is 5.97 Å². The van der Waals surface area contributed by atoms with Gasteiger partial charge in [-0.2, -0.15) is 0 Å². The molecule has 1 N–H and O–H groups in total. The molecule has 1 saturated carbocycles. The van der Waals surface area contributed by atoms with Gasteiger partial charge in [0.25, 0.3) is 5.91 Å². The molecule has 192 valence electrons. The molecule has 2 amide bonds. The lowest BCUT2D eigenvalue weighted by molar-refractivity contribution is -0.141. The van der Waals surface area contributed by atoms with E-state index in [2.05, 4.69) is 31.3 Å². The first-order valence-electron chi connectivity index (χ1n) is 12.7. The van der Waals surface area contributed by atoms with Crippen LogP contribution in [0.15, 0.2) is 48.5 Å². The third kappa shape index (κ3) is 5.75. The molecule has 1 heterocycles. The number of amides is 2. The van der Waals surface area contributed by atoms with Crippen molar-refractivity contribution in [1.29, 1.82) is 0 Å². The number of halogens is 1. The molecule has 2 aliphatic rings. The predicted molar refractivity (Wildman–Crippen MR) is 140 cm³/mol. The van der Waals surface area contributed by atoms with Gasteiger partial charge in [-0.3, -0.25) is 9.59 Å². The van der Waals surface area contributed by atoms with E-state index in [9.17, 15) is 14.4 Å². The van der Waals surface area contributed by atoms with Gasteiger partial charge in [-0.05, 0) is 66.5 Å². The molecule has 0 spiro atoms. The number of hydrogen-bond donors (Lipinski definition) is 1. The van der Waals surface area contributed by atoms with Gasteiger partial charge in [0.05, 0.1) is 18.6 Å². The summed E-state index contributed by atoms with van der Waals surface area (Å²) in [5.41, 5.74) is 1.89. The number of likely N-dealkylation sites (tertiary alicyclic amines) is 1. The van der Waals surface area contributed by atoms with Crippen molar-refractivity contribution < 1.29 is 19.1 Å². The molecular formula is C29H35ClN2O4. The zero-order chi connectivity index (χ0) is 25.9. The minimum absolute atomic E-state index is 0.0799. The second-order valence-corrected chi connectivity index (χ2v) is 11.1. The third-order valence-corrected chi connectivity index (χ3v) is 8.01. The van der Waals surface area contributed by atoms with Crippen LogP contribution in [-0.4, -0.2) is 48.9 Å². The van der Waals surface area contributed by atoms with Gasteiger partial charge in [0.15, 0.2) is 0 Å². The van der Waals surface area contributed by atoms with Gasteiger partial charge < -0.3 is 15.0 Å². The second-order valence-electron chi connectivity index (χ2n) is 10.7. The highest BCUT2D eigenvalue weighted by Crippen LogP contribution is 2.43. The number of hydrogen-bond acceptors (Lipinski definition) is 4. The predicted octanol–water partition coefficient (Wildman–Crippen LogP) is 5.46. The highest BCUT2D eigenvalue weighted by Gasteiger charge is 2.42. The summed E-state index contributed by atoms with van der Waals surface area (Å²) in [7, 11) is 1.31. The number of carbonyl (C=O) groups excluding carboxylic acids is 3. The Labute approximate surface area is 218 Å². The van der Waals surface area contributed by atoms with Gasteiger partial charge in [0, 0.05) is 29.7 Å². The molecule has 1 unspecified atom stereocenters. The molecule has 2 aromatic rings. The number of ether oxygens (including phenoxy) is 1. The SMILES string of the molecule is COC(=O)c1cccc(C(=O)N[C@@H]2CCCC[C@@H]2C(=O)N2CCC(c3ccc(Cl)cc3)C(C)(C)C2)c1. The highest BCUT2D eigenvalue weighted by molar-refractivity contribution is 6.30. The first kappa shape index (κ1) is 26.2. The molecule has 7 heteroatoms. The molecule has 0 aromatic heterocycles. The van der Waals surface area contributed by atoms with Gasteiger partial charge in [0.1, 0.15) is 0 Å². The van der Waals surface area contributed by atoms with E-state index >= 15 is 0 Å².